The van der Waals surface area contributed by atoms with Gasteiger partial charge in [0.15, 0.2) is 0 Å². The van der Waals surface area contributed by atoms with Crippen LogP contribution in [0.4, 0.5) is 23.2 Å². The Labute approximate surface area is 157 Å². The molecule has 1 aliphatic heterocycles. The second-order valence-electron chi connectivity index (χ2n) is 5.81. The van der Waals surface area contributed by atoms with Crippen molar-refractivity contribution in [3.63, 3.8) is 0 Å². The average Bonchev–Trinajstić information content (AvgIpc) is 2.84. The molecular weight excluding hydrogens is 380 g/mol. The van der Waals surface area contributed by atoms with E-state index in [1.807, 2.05) is 0 Å². The summed E-state index contributed by atoms with van der Waals surface area (Å²) >= 11 is 0. The smallest absolute Gasteiger partial charge is 0.406 e. The molecule has 0 fully saturated rings. The first kappa shape index (κ1) is 19.4. The number of hydrogen-bond acceptors (Lipinski definition) is 4. The molecule has 2 aromatic carbocycles. The van der Waals surface area contributed by atoms with Gasteiger partial charge in [-0.3, -0.25) is 14.5 Å². The number of anilines is 1. The molecule has 146 valence electrons. The van der Waals surface area contributed by atoms with E-state index < -0.39 is 29.7 Å². The number of benzene rings is 2. The highest BCUT2D eigenvalue weighted by molar-refractivity contribution is 6.36. The van der Waals surface area contributed by atoms with Crippen LogP contribution in [0.2, 0.25) is 0 Å². The van der Waals surface area contributed by atoms with Gasteiger partial charge in [0, 0.05) is 18.3 Å². The number of halogens is 4. The largest absolute Gasteiger partial charge is 0.573 e. The Hall–Kier alpha value is -3.36. The molecule has 28 heavy (non-hydrogen) atoms. The molecular formula is C19H14F4N2O3. The number of nitrogens with one attached hydrogen (secondary N) is 1. The minimum atomic E-state index is -4.87. The zero-order valence-electron chi connectivity index (χ0n) is 14.5. The number of imide groups is 1. The molecule has 0 radical (unpaired) electrons. The number of carbonyl (C=O) groups is 2. The fraction of sp³-hybridized carbons (Fsp3) is 0.158. The van der Waals surface area contributed by atoms with Gasteiger partial charge in [-0.05, 0) is 36.8 Å². The molecule has 0 bridgehead atoms. The van der Waals surface area contributed by atoms with Crippen LogP contribution in [0, 0.1) is 5.82 Å². The molecule has 1 aliphatic rings. The van der Waals surface area contributed by atoms with Crippen LogP contribution in [0.1, 0.15) is 12.5 Å². The summed E-state index contributed by atoms with van der Waals surface area (Å²) in [6.07, 6.45) is -4.87. The normalized spacial score (nSPS) is 14.7. The van der Waals surface area contributed by atoms with Crippen molar-refractivity contribution in [2.45, 2.75) is 13.3 Å². The van der Waals surface area contributed by atoms with E-state index in [2.05, 4.69) is 10.1 Å². The lowest BCUT2D eigenvalue weighted by Gasteiger charge is -2.13. The molecule has 3 rings (SSSR count). The Bertz CT molecular complexity index is 952. The van der Waals surface area contributed by atoms with Crippen LogP contribution in [-0.4, -0.2) is 29.6 Å². The molecule has 0 unspecified atom stereocenters. The van der Waals surface area contributed by atoms with E-state index in [0.29, 0.717) is 5.56 Å². The highest BCUT2D eigenvalue weighted by Crippen LogP contribution is 2.32. The van der Waals surface area contributed by atoms with E-state index in [0.717, 1.165) is 29.2 Å². The minimum Gasteiger partial charge on any atom is -0.406 e. The maximum atomic E-state index is 13.2. The zero-order chi connectivity index (χ0) is 20.5. The molecule has 0 aromatic heterocycles. The molecule has 2 aromatic rings. The number of ether oxygens (including phenoxy) is 1. The molecule has 2 amide bonds. The molecule has 1 N–H and O–H groups in total. The number of carbonyl (C=O) groups excluding carboxylic acids is 2. The van der Waals surface area contributed by atoms with Crippen LogP contribution in [0.15, 0.2) is 54.2 Å². The Morgan fingerprint density at radius 3 is 2.32 bits per heavy atom. The predicted molar refractivity (Wildman–Crippen MR) is 92.5 cm³/mol. The summed E-state index contributed by atoms with van der Waals surface area (Å²) in [5.41, 5.74) is 0.327. The third kappa shape index (κ3) is 3.98. The molecule has 0 atom stereocenters. The first-order chi connectivity index (χ1) is 13.2. The SMILES string of the molecule is CCN1C(=O)C(Nc2cccc(OC(F)(F)F)c2)=C(c2ccc(F)cc2)C1=O. The highest BCUT2D eigenvalue weighted by atomic mass is 19.4. The molecule has 1 heterocycles. The van der Waals surface area contributed by atoms with Gasteiger partial charge < -0.3 is 10.1 Å². The number of hydrogen-bond donors (Lipinski definition) is 1. The van der Waals surface area contributed by atoms with Crippen molar-refractivity contribution in [3.8, 4) is 5.75 Å². The maximum absolute atomic E-state index is 13.2. The maximum Gasteiger partial charge on any atom is 0.573 e. The van der Waals surface area contributed by atoms with E-state index in [4.69, 9.17) is 0 Å². The van der Waals surface area contributed by atoms with Crippen molar-refractivity contribution in [1.82, 2.24) is 4.90 Å². The van der Waals surface area contributed by atoms with Crippen molar-refractivity contribution < 1.29 is 31.9 Å². The fourth-order valence-electron chi connectivity index (χ4n) is 2.78. The molecule has 5 nitrogen and oxygen atoms in total. The van der Waals surface area contributed by atoms with E-state index in [9.17, 15) is 27.2 Å². The zero-order valence-corrected chi connectivity index (χ0v) is 14.5. The van der Waals surface area contributed by atoms with Crippen LogP contribution in [0.5, 0.6) is 5.75 Å². The van der Waals surface area contributed by atoms with E-state index >= 15 is 0 Å². The summed E-state index contributed by atoms with van der Waals surface area (Å²) in [4.78, 5) is 26.2. The highest BCUT2D eigenvalue weighted by Gasteiger charge is 2.38. The van der Waals surface area contributed by atoms with Crippen molar-refractivity contribution in [3.05, 3.63) is 65.6 Å². The third-order valence-electron chi connectivity index (χ3n) is 3.95. The standard InChI is InChI=1S/C19H14F4N2O3/c1-2-25-17(26)15(11-6-8-12(20)9-7-11)16(18(25)27)24-13-4-3-5-14(10-13)28-19(21,22)23/h3-10,24H,2H2,1H3. The topological polar surface area (TPSA) is 58.6 Å². The van der Waals surface area contributed by atoms with Gasteiger partial charge in [-0.2, -0.15) is 0 Å². The number of likely N-dealkylation sites (N-methyl/N-ethyl adjacent to an activating group) is 1. The molecule has 0 spiro atoms. The van der Waals surface area contributed by atoms with Gasteiger partial charge in [0.1, 0.15) is 17.3 Å². The summed E-state index contributed by atoms with van der Waals surface area (Å²) in [6.45, 7) is 1.71. The predicted octanol–water partition coefficient (Wildman–Crippen LogP) is 3.94. The van der Waals surface area contributed by atoms with E-state index in [1.165, 1.54) is 24.3 Å². The number of alkyl halides is 3. The second-order valence-corrected chi connectivity index (χ2v) is 5.81. The first-order valence-electron chi connectivity index (χ1n) is 8.19. The van der Waals surface area contributed by atoms with Crippen LogP contribution >= 0.6 is 0 Å². The van der Waals surface area contributed by atoms with Crippen LogP contribution in [0.25, 0.3) is 5.57 Å². The van der Waals surface area contributed by atoms with Gasteiger partial charge in [0.05, 0.1) is 5.57 Å². The molecule has 0 aliphatic carbocycles. The average molecular weight is 394 g/mol. The van der Waals surface area contributed by atoms with Crippen molar-refractivity contribution in [2.24, 2.45) is 0 Å². The third-order valence-corrected chi connectivity index (χ3v) is 3.95. The Balaban J connectivity index is 2.01. The monoisotopic (exact) mass is 394 g/mol. The first-order valence-corrected chi connectivity index (χ1v) is 8.19. The van der Waals surface area contributed by atoms with Crippen molar-refractivity contribution >= 4 is 23.1 Å². The van der Waals surface area contributed by atoms with Gasteiger partial charge in [0.25, 0.3) is 11.8 Å². The number of rotatable bonds is 5. The van der Waals surface area contributed by atoms with Crippen LogP contribution in [0.3, 0.4) is 0 Å². The Morgan fingerprint density at radius 1 is 1.04 bits per heavy atom. The van der Waals surface area contributed by atoms with Crippen LogP contribution in [-0.2, 0) is 9.59 Å². The number of nitrogens with zero attached hydrogens (tertiary/aromatic N) is 1. The Morgan fingerprint density at radius 2 is 1.71 bits per heavy atom. The molecule has 0 saturated heterocycles. The summed E-state index contributed by atoms with van der Waals surface area (Å²) in [6, 6.07) is 9.86. The lowest BCUT2D eigenvalue weighted by Crippen LogP contribution is -2.32. The van der Waals surface area contributed by atoms with E-state index in [1.54, 1.807) is 6.92 Å². The Kier molecular flexibility index (Phi) is 5.08. The quantitative estimate of drug-likeness (QED) is 0.617. The molecule has 0 saturated carbocycles. The van der Waals surface area contributed by atoms with Crippen LogP contribution < -0.4 is 10.1 Å². The van der Waals surface area contributed by atoms with Crippen molar-refractivity contribution in [2.75, 3.05) is 11.9 Å². The lowest BCUT2D eigenvalue weighted by molar-refractivity contribution is -0.274. The summed E-state index contributed by atoms with van der Waals surface area (Å²) in [5, 5.41) is 2.70. The van der Waals surface area contributed by atoms with Gasteiger partial charge >= 0.3 is 6.36 Å². The van der Waals surface area contributed by atoms with Crippen molar-refractivity contribution in [1.29, 1.82) is 0 Å². The lowest BCUT2D eigenvalue weighted by atomic mass is 10.0. The number of amides is 2. The van der Waals surface area contributed by atoms with Gasteiger partial charge in [-0.15, -0.1) is 13.2 Å². The summed E-state index contributed by atoms with van der Waals surface area (Å²) < 4.78 is 54.3. The minimum absolute atomic E-state index is 0.00833. The fourth-order valence-corrected chi connectivity index (χ4v) is 2.78. The van der Waals surface area contributed by atoms with Gasteiger partial charge in [-0.1, -0.05) is 18.2 Å². The van der Waals surface area contributed by atoms with Gasteiger partial charge in [-0.25, -0.2) is 4.39 Å². The summed E-state index contributed by atoms with van der Waals surface area (Å²) in [5.74, 6) is -2.20. The van der Waals surface area contributed by atoms with Gasteiger partial charge in [0.2, 0.25) is 0 Å². The summed E-state index contributed by atoms with van der Waals surface area (Å²) in [7, 11) is 0. The van der Waals surface area contributed by atoms with E-state index in [-0.39, 0.29) is 23.5 Å². The second kappa shape index (κ2) is 7.34. The molecule has 9 heteroatoms.